The van der Waals surface area contributed by atoms with E-state index in [-0.39, 0.29) is 6.04 Å². The van der Waals surface area contributed by atoms with E-state index in [1.54, 1.807) is 6.92 Å². The minimum Gasteiger partial charge on any atom is -0.480 e. The molecule has 0 aromatic heterocycles. The number of nitrogens with zero attached hydrogens (tertiary/aromatic N) is 1. The number of hydrogen-bond donors (Lipinski definition) is 2. The molecule has 1 heterocycles. The zero-order chi connectivity index (χ0) is 14.6. The monoisotopic (exact) mass is 270 g/mol. The van der Waals surface area contributed by atoms with Gasteiger partial charge in [0.25, 0.3) is 0 Å². The lowest BCUT2D eigenvalue weighted by molar-refractivity contribution is -0.145. The Kier molecular flexibility index (Phi) is 5.81. The molecule has 3 atom stereocenters. The quantitative estimate of drug-likeness (QED) is 0.778. The highest BCUT2D eigenvalue weighted by atomic mass is 16.4. The lowest BCUT2D eigenvalue weighted by Gasteiger charge is -2.38. The maximum Gasteiger partial charge on any atom is 0.323 e. The molecule has 0 amide bonds. The zero-order valence-electron chi connectivity index (χ0n) is 13.1. The van der Waals surface area contributed by atoms with Crippen molar-refractivity contribution in [3.05, 3.63) is 0 Å². The summed E-state index contributed by atoms with van der Waals surface area (Å²) < 4.78 is 0. The second kappa shape index (κ2) is 6.71. The van der Waals surface area contributed by atoms with Crippen LogP contribution < -0.4 is 5.32 Å². The summed E-state index contributed by atoms with van der Waals surface area (Å²) in [5.74, 6) is 0.0464. The first-order chi connectivity index (χ1) is 8.74. The highest BCUT2D eigenvalue weighted by Crippen LogP contribution is 2.23. The van der Waals surface area contributed by atoms with Gasteiger partial charge < -0.3 is 10.0 Å². The first-order valence-corrected chi connectivity index (χ1v) is 7.49. The van der Waals surface area contributed by atoms with Crippen molar-refractivity contribution in [2.75, 3.05) is 13.1 Å². The van der Waals surface area contributed by atoms with Gasteiger partial charge in [-0.2, -0.15) is 0 Å². The largest absolute Gasteiger partial charge is 0.480 e. The normalized spacial score (nSPS) is 28.3. The number of rotatable bonds is 6. The molecule has 1 rings (SSSR count). The summed E-state index contributed by atoms with van der Waals surface area (Å²) in [5, 5.41) is 12.6. The predicted molar refractivity (Wildman–Crippen MR) is 78.4 cm³/mol. The molecule has 112 valence electrons. The van der Waals surface area contributed by atoms with Gasteiger partial charge in [0.15, 0.2) is 0 Å². The van der Waals surface area contributed by atoms with E-state index < -0.39 is 11.5 Å². The smallest absolute Gasteiger partial charge is 0.323 e. The van der Waals surface area contributed by atoms with Crippen LogP contribution in [0, 0.1) is 5.92 Å². The average Bonchev–Trinajstić information content (AvgIpc) is 2.26. The molecule has 1 aliphatic rings. The van der Waals surface area contributed by atoms with E-state index in [1.807, 2.05) is 13.8 Å². The van der Waals surface area contributed by atoms with Crippen LogP contribution in [0.25, 0.3) is 0 Å². The molecule has 2 N–H and O–H groups in total. The summed E-state index contributed by atoms with van der Waals surface area (Å²) >= 11 is 0. The molecule has 19 heavy (non-hydrogen) atoms. The molecule has 0 bridgehead atoms. The molecule has 0 aliphatic carbocycles. The van der Waals surface area contributed by atoms with Crippen molar-refractivity contribution in [3.8, 4) is 0 Å². The van der Waals surface area contributed by atoms with Crippen LogP contribution >= 0.6 is 0 Å². The number of carboxylic acids is 1. The Hall–Kier alpha value is -0.610. The van der Waals surface area contributed by atoms with Gasteiger partial charge in [0.05, 0.1) is 0 Å². The summed E-state index contributed by atoms with van der Waals surface area (Å²) in [5.41, 5.74) is -0.822. The minimum atomic E-state index is -0.822. The topological polar surface area (TPSA) is 52.6 Å². The van der Waals surface area contributed by atoms with Crippen molar-refractivity contribution < 1.29 is 9.90 Å². The number of hydrogen-bond acceptors (Lipinski definition) is 3. The summed E-state index contributed by atoms with van der Waals surface area (Å²) in [4.78, 5) is 13.9. The molecule has 0 saturated carbocycles. The fourth-order valence-corrected chi connectivity index (χ4v) is 3.03. The molecule has 1 aliphatic heterocycles. The van der Waals surface area contributed by atoms with E-state index in [2.05, 4.69) is 24.1 Å². The number of nitrogens with one attached hydrogen (secondary N) is 1. The minimum absolute atomic E-state index is 0.180. The first kappa shape index (κ1) is 16.4. The molecule has 3 unspecified atom stereocenters. The lowest BCUT2D eigenvalue weighted by atomic mass is 9.91. The molecular weight excluding hydrogens is 240 g/mol. The van der Waals surface area contributed by atoms with Crippen molar-refractivity contribution in [2.24, 2.45) is 5.92 Å². The van der Waals surface area contributed by atoms with Gasteiger partial charge in [-0.3, -0.25) is 10.1 Å². The van der Waals surface area contributed by atoms with E-state index in [9.17, 15) is 9.90 Å². The van der Waals surface area contributed by atoms with Gasteiger partial charge in [-0.05, 0) is 59.4 Å². The third kappa shape index (κ3) is 4.77. The molecule has 1 saturated heterocycles. The maximum absolute atomic E-state index is 11.5. The van der Waals surface area contributed by atoms with Gasteiger partial charge >= 0.3 is 5.97 Å². The Labute approximate surface area is 117 Å². The van der Waals surface area contributed by atoms with Crippen LogP contribution in [0.2, 0.25) is 0 Å². The Morgan fingerprint density at radius 1 is 1.47 bits per heavy atom. The number of piperidine rings is 1. The summed E-state index contributed by atoms with van der Waals surface area (Å²) in [7, 11) is 0. The third-order valence-corrected chi connectivity index (χ3v) is 4.25. The van der Waals surface area contributed by atoms with Crippen LogP contribution in [0.3, 0.4) is 0 Å². The van der Waals surface area contributed by atoms with Crippen molar-refractivity contribution in [1.82, 2.24) is 10.2 Å². The van der Waals surface area contributed by atoms with Gasteiger partial charge in [0.2, 0.25) is 0 Å². The van der Waals surface area contributed by atoms with Crippen molar-refractivity contribution in [1.29, 1.82) is 0 Å². The number of carbonyl (C=O) groups is 1. The van der Waals surface area contributed by atoms with Crippen molar-refractivity contribution in [2.45, 2.75) is 71.5 Å². The van der Waals surface area contributed by atoms with E-state index >= 15 is 0 Å². The Morgan fingerprint density at radius 3 is 2.58 bits per heavy atom. The molecule has 4 heteroatoms. The van der Waals surface area contributed by atoms with Gasteiger partial charge in [-0.25, -0.2) is 0 Å². The van der Waals surface area contributed by atoms with E-state index in [4.69, 9.17) is 0 Å². The van der Waals surface area contributed by atoms with Crippen LogP contribution in [0.15, 0.2) is 0 Å². The summed E-state index contributed by atoms with van der Waals surface area (Å²) in [6.45, 7) is 12.3. The fourth-order valence-electron chi connectivity index (χ4n) is 3.03. The van der Waals surface area contributed by atoms with Crippen LogP contribution in [-0.2, 0) is 4.79 Å². The van der Waals surface area contributed by atoms with Crippen molar-refractivity contribution >= 4 is 5.97 Å². The van der Waals surface area contributed by atoms with Gasteiger partial charge in [0.1, 0.15) is 5.54 Å². The Bertz CT molecular complexity index is 307. The van der Waals surface area contributed by atoms with E-state index in [1.165, 1.54) is 12.8 Å². The fraction of sp³-hybridized carbons (Fsp3) is 0.933. The van der Waals surface area contributed by atoms with Crippen molar-refractivity contribution in [3.63, 3.8) is 0 Å². The highest BCUT2D eigenvalue weighted by Gasteiger charge is 2.34. The van der Waals surface area contributed by atoms with Gasteiger partial charge in [-0.1, -0.05) is 6.92 Å². The first-order valence-electron chi connectivity index (χ1n) is 7.49. The van der Waals surface area contributed by atoms with Gasteiger partial charge in [-0.15, -0.1) is 0 Å². The summed E-state index contributed by atoms with van der Waals surface area (Å²) in [6.07, 6.45) is 3.10. The van der Waals surface area contributed by atoms with E-state index in [0.717, 1.165) is 19.0 Å². The summed E-state index contributed by atoms with van der Waals surface area (Å²) in [6, 6.07) is 0.751. The molecule has 4 nitrogen and oxygen atoms in total. The van der Waals surface area contributed by atoms with Crippen LogP contribution in [0.1, 0.15) is 53.9 Å². The third-order valence-electron chi connectivity index (χ3n) is 4.25. The molecule has 0 aromatic rings. The standard InChI is InChI=1S/C15H30N2O2/c1-11(2)16-15(5,14(18)19)7-9-17-8-6-12(3)10-13(17)4/h11-13,16H,6-10H2,1-5H3,(H,18,19). The second-order valence-electron chi connectivity index (χ2n) is 6.70. The lowest BCUT2D eigenvalue weighted by Crippen LogP contribution is -2.54. The predicted octanol–water partition coefficient (Wildman–Crippen LogP) is 2.34. The average molecular weight is 270 g/mol. The maximum atomic E-state index is 11.5. The van der Waals surface area contributed by atoms with Crippen LogP contribution in [-0.4, -0.2) is 46.7 Å². The second-order valence-corrected chi connectivity index (χ2v) is 6.70. The molecule has 0 radical (unpaired) electrons. The molecule has 1 fully saturated rings. The number of likely N-dealkylation sites (tertiary alicyclic amines) is 1. The zero-order valence-corrected chi connectivity index (χ0v) is 13.1. The van der Waals surface area contributed by atoms with Crippen LogP contribution in [0.5, 0.6) is 0 Å². The molecule has 0 aromatic carbocycles. The highest BCUT2D eigenvalue weighted by molar-refractivity contribution is 5.78. The molecule has 0 spiro atoms. The number of aliphatic carboxylic acids is 1. The molecular formula is C15H30N2O2. The SMILES string of the molecule is CC1CCN(CCC(C)(NC(C)C)C(=O)O)C(C)C1. The Morgan fingerprint density at radius 2 is 2.11 bits per heavy atom. The van der Waals surface area contributed by atoms with E-state index in [0.29, 0.717) is 12.5 Å². The van der Waals surface area contributed by atoms with Gasteiger partial charge in [0, 0.05) is 18.6 Å². The van der Waals surface area contributed by atoms with Crippen LogP contribution in [0.4, 0.5) is 0 Å². The number of carboxylic acid groups (broad SMARTS) is 1. The Balaban J connectivity index is 2.54.